The molecule has 1 amide bonds. The van der Waals surface area contributed by atoms with Crippen LogP contribution >= 0.6 is 0 Å². The van der Waals surface area contributed by atoms with Gasteiger partial charge < -0.3 is 4.90 Å². The fourth-order valence-electron chi connectivity index (χ4n) is 2.91. The molecule has 2 unspecified atom stereocenters. The maximum Gasteiger partial charge on any atom is 0.471 e. The highest BCUT2D eigenvalue weighted by Crippen LogP contribution is 2.29. The molecule has 8 nitrogen and oxygen atoms in total. The smallest absolute Gasteiger partial charge is 0.332 e. The van der Waals surface area contributed by atoms with Crippen LogP contribution in [0.4, 0.5) is 13.2 Å². The first-order chi connectivity index (χ1) is 12.3. The normalized spacial score (nSPS) is 21.7. The lowest BCUT2D eigenvalue weighted by molar-refractivity contribution is -0.187. The van der Waals surface area contributed by atoms with Gasteiger partial charge in [-0.3, -0.25) is 4.79 Å². The van der Waals surface area contributed by atoms with E-state index in [0.717, 1.165) is 10.4 Å². The van der Waals surface area contributed by atoms with Crippen molar-refractivity contribution in [3.8, 4) is 0 Å². The van der Waals surface area contributed by atoms with Crippen LogP contribution in [0.2, 0.25) is 0 Å². The van der Waals surface area contributed by atoms with Gasteiger partial charge in [-0.1, -0.05) is 19.1 Å². The molecule has 0 saturated carbocycles. The highest BCUT2D eigenvalue weighted by Gasteiger charge is 2.45. The van der Waals surface area contributed by atoms with E-state index < -0.39 is 43.0 Å². The molecule has 0 aromatic heterocycles. The molecule has 3 N–H and O–H groups in total. The Hall–Kier alpha value is -1.70. The minimum absolute atomic E-state index is 0.203. The summed E-state index contributed by atoms with van der Waals surface area (Å²) in [7, 11) is -8.13. The highest BCUT2D eigenvalue weighted by atomic mass is 32.2. The summed E-state index contributed by atoms with van der Waals surface area (Å²) < 4.78 is 84.2. The summed E-state index contributed by atoms with van der Waals surface area (Å²) in [6.45, 7) is 0.576. The third-order valence-electron chi connectivity index (χ3n) is 4.21. The van der Waals surface area contributed by atoms with E-state index in [0.29, 0.717) is 4.90 Å². The molecule has 2 rings (SSSR count). The Bertz CT molecular complexity index is 932. The van der Waals surface area contributed by atoms with Gasteiger partial charge in [0.1, 0.15) is 14.8 Å². The average molecular weight is 428 g/mol. The van der Waals surface area contributed by atoms with Crippen LogP contribution < -0.4 is 5.14 Å². The lowest BCUT2D eigenvalue weighted by Gasteiger charge is -2.41. The minimum atomic E-state index is -5.02. The third-order valence-corrected chi connectivity index (χ3v) is 7.41. The molecule has 0 aliphatic carbocycles. The van der Waals surface area contributed by atoms with Crippen molar-refractivity contribution in [3.05, 3.63) is 24.3 Å². The Morgan fingerprint density at radius 2 is 1.78 bits per heavy atom. The Labute approximate surface area is 155 Å². The summed E-state index contributed by atoms with van der Waals surface area (Å²) in [5.74, 6) is -2.00. The van der Waals surface area contributed by atoms with Crippen molar-refractivity contribution in [1.82, 2.24) is 9.21 Å². The second-order valence-electron chi connectivity index (χ2n) is 5.97. The van der Waals surface area contributed by atoms with Crippen LogP contribution in [0.1, 0.15) is 13.3 Å². The molecule has 1 aliphatic rings. The molecule has 1 fully saturated rings. The SMILES string of the molecule is CCC1CN(C(=O)C(F)(F)F)CCN1S(=N)(=O)c1ccccc1S(N)(=O)=O. The van der Waals surface area contributed by atoms with Gasteiger partial charge in [0.05, 0.1) is 4.90 Å². The highest BCUT2D eigenvalue weighted by molar-refractivity contribution is 7.92. The van der Waals surface area contributed by atoms with Crippen molar-refractivity contribution in [1.29, 1.82) is 4.78 Å². The Morgan fingerprint density at radius 1 is 1.22 bits per heavy atom. The van der Waals surface area contributed by atoms with Gasteiger partial charge in [0.2, 0.25) is 10.0 Å². The summed E-state index contributed by atoms with van der Waals surface area (Å²) in [6, 6.07) is 4.24. The zero-order valence-electron chi connectivity index (χ0n) is 14.3. The topological polar surface area (TPSA) is 125 Å². The number of piperazine rings is 1. The monoisotopic (exact) mass is 428 g/mol. The summed E-state index contributed by atoms with van der Waals surface area (Å²) in [5.41, 5.74) is 0. The molecular formula is C14H19F3N4O4S2. The second-order valence-corrected chi connectivity index (χ2v) is 9.46. The van der Waals surface area contributed by atoms with Gasteiger partial charge in [0, 0.05) is 25.7 Å². The van der Waals surface area contributed by atoms with Crippen LogP contribution in [0.5, 0.6) is 0 Å². The first kappa shape index (κ1) is 21.6. The maximum atomic E-state index is 13.2. The summed E-state index contributed by atoms with van der Waals surface area (Å²) in [5, 5.41) is 5.13. The van der Waals surface area contributed by atoms with E-state index in [1.807, 2.05) is 0 Å². The molecule has 0 radical (unpaired) electrons. The molecule has 1 aromatic rings. The minimum Gasteiger partial charge on any atom is -0.332 e. The van der Waals surface area contributed by atoms with Gasteiger partial charge in [-0.15, -0.1) is 0 Å². The van der Waals surface area contributed by atoms with E-state index in [1.54, 1.807) is 6.92 Å². The van der Waals surface area contributed by atoms with Gasteiger partial charge >= 0.3 is 12.1 Å². The van der Waals surface area contributed by atoms with Crippen molar-refractivity contribution in [2.45, 2.75) is 35.4 Å². The molecule has 27 heavy (non-hydrogen) atoms. The molecule has 1 heterocycles. The molecule has 1 saturated heterocycles. The molecule has 0 spiro atoms. The van der Waals surface area contributed by atoms with Crippen molar-refractivity contribution >= 4 is 25.8 Å². The first-order valence-electron chi connectivity index (χ1n) is 7.83. The van der Waals surface area contributed by atoms with Crippen molar-refractivity contribution < 1.29 is 30.6 Å². The van der Waals surface area contributed by atoms with Gasteiger partial charge in [-0.2, -0.15) is 13.2 Å². The van der Waals surface area contributed by atoms with E-state index in [-0.39, 0.29) is 31.0 Å². The number of carbonyl (C=O) groups is 1. The zero-order valence-corrected chi connectivity index (χ0v) is 15.9. The number of amides is 1. The summed E-state index contributed by atoms with van der Waals surface area (Å²) >= 11 is 0. The Kier molecular flexibility index (Phi) is 5.90. The zero-order chi connectivity index (χ0) is 20.6. The molecule has 0 bridgehead atoms. The van der Waals surface area contributed by atoms with E-state index >= 15 is 0 Å². The molecule has 13 heteroatoms. The number of halogens is 3. The third kappa shape index (κ3) is 4.42. The van der Waals surface area contributed by atoms with Crippen LogP contribution in [-0.4, -0.2) is 59.6 Å². The lowest BCUT2D eigenvalue weighted by atomic mass is 10.1. The molecule has 1 aromatic carbocycles. The largest absolute Gasteiger partial charge is 0.471 e. The van der Waals surface area contributed by atoms with Crippen molar-refractivity contribution in [2.24, 2.45) is 5.14 Å². The van der Waals surface area contributed by atoms with E-state index in [1.165, 1.54) is 18.2 Å². The van der Waals surface area contributed by atoms with Crippen LogP contribution in [0.3, 0.4) is 0 Å². The summed E-state index contributed by atoms with van der Waals surface area (Å²) in [6.07, 6.45) is -4.82. The number of nitrogens with zero attached hydrogens (tertiary/aromatic N) is 2. The predicted molar refractivity (Wildman–Crippen MR) is 90.4 cm³/mol. The van der Waals surface area contributed by atoms with E-state index in [4.69, 9.17) is 9.92 Å². The number of hydrogen-bond donors (Lipinski definition) is 2. The number of benzene rings is 1. The van der Waals surface area contributed by atoms with Gasteiger partial charge in [-0.25, -0.2) is 26.9 Å². The maximum absolute atomic E-state index is 13.2. The fraction of sp³-hybridized carbons (Fsp3) is 0.500. The lowest BCUT2D eigenvalue weighted by Crippen LogP contribution is -2.58. The number of rotatable bonds is 4. The second kappa shape index (κ2) is 7.37. The Balaban J connectivity index is 2.40. The van der Waals surface area contributed by atoms with Crippen molar-refractivity contribution in [2.75, 3.05) is 19.6 Å². The van der Waals surface area contributed by atoms with Gasteiger partial charge in [0.15, 0.2) is 0 Å². The van der Waals surface area contributed by atoms with Crippen LogP contribution in [0.15, 0.2) is 34.1 Å². The standard InChI is InChI=1S/C14H19F3N4O4S2/c1-2-10-9-20(13(22)14(15,16)17)7-8-21(10)26(18,23)11-5-3-4-6-12(11)27(19,24)25/h3-6,10,18H,2,7-9H2,1H3,(H2,19,24,25). The van der Waals surface area contributed by atoms with Crippen LogP contribution in [-0.2, 0) is 24.7 Å². The van der Waals surface area contributed by atoms with Gasteiger partial charge in [-0.05, 0) is 18.6 Å². The van der Waals surface area contributed by atoms with E-state index in [2.05, 4.69) is 0 Å². The number of primary sulfonamides is 1. The van der Waals surface area contributed by atoms with Crippen LogP contribution in [0, 0.1) is 4.78 Å². The quantitative estimate of drug-likeness (QED) is 0.746. The number of sulfonamides is 1. The van der Waals surface area contributed by atoms with Gasteiger partial charge in [0.25, 0.3) is 0 Å². The fourth-order valence-corrected chi connectivity index (χ4v) is 6.05. The number of carbonyl (C=O) groups excluding carboxylic acids is 1. The Morgan fingerprint density at radius 3 is 2.26 bits per heavy atom. The molecule has 2 atom stereocenters. The molecule has 1 aliphatic heterocycles. The summed E-state index contributed by atoms with van der Waals surface area (Å²) in [4.78, 5) is 11.3. The predicted octanol–water partition coefficient (Wildman–Crippen LogP) is 1.14. The van der Waals surface area contributed by atoms with E-state index in [9.17, 15) is 30.6 Å². The average Bonchev–Trinajstić information content (AvgIpc) is 2.59. The molecule has 152 valence electrons. The number of hydrogen-bond acceptors (Lipinski definition) is 5. The number of nitrogens with two attached hydrogens (primary N) is 1. The van der Waals surface area contributed by atoms with Crippen molar-refractivity contribution in [3.63, 3.8) is 0 Å². The van der Waals surface area contributed by atoms with Crippen LogP contribution in [0.25, 0.3) is 0 Å². The number of alkyl halides is 3. The first-order valence-corrected chi connectivity index (χ1v) is 10.9. The number of nitrogens with one attached hydrogen (secondary N) is 1. The molecular weight excluding hydrogens is 409 g/mol.